The van der Waals surface area contributed by atoms with Gasteiger partial charge in [0.25, 0.3) is 0 Å². The summed E-state index contributed by atoms with van der Waals surface area (Å²) in [4.78, 5) is 0. The molecule has 90 valence electrons. The fourth-order valence-corrected chi connectivity index (χ4v) is 2.64. The molecule has 2 aromatic carbocycles. The molecule has 0 radical (unpaired) electrons. The fraction of sp³-hybridized carbons (Fsp3) is 0.375. The normalized spacial score (nSPS) is 15.1. The van der Waals surface area contributed by atoms with Gasteiger partial charge in [0.2, 0.25) is 0 Å². The number of benzene rings is 2. The first-order valence-corrected chi connectivity index (χ1v) is 6.26. The molecule has 0 aromatic heterocycles. The Balaban J connectivity index is 2.47. The van der Waals surface area contributed by atoms with Gasteiger partial charge in [-0.05, 0) is 29.2 Å². The van der Waals surface area contributed by atoms with Crippen molar-refractivity contribution in [1.82, 2.24) is 0 Å². The van der Waals surface area contributed by atoms with E-state index in [0.29, 0.717) is 5.92 Å². The predicted octanol–water partition coefficient (Wildman–Crippen LogP) is 3.96. The van der Waals surface area contributed by atoms with Gasteiger partial charge in [-0.25, -0.2) is 0 Å². The average molecular weight is 228 g/mol. The highest BCUT2D eigenvalue weighted by atomic mass is 16.3. The molecule has 2 unspecified atom stereocenters. The van der Waals surface area contributed by atoms with Crippen molar-refractivity contribution in [3.05, 3.63) is 48.0 Å². The number of aliphatic hydroxyl groups is 1. The van der Waals surface area contributed by atoms with Gasteiger partial charge in [-0.15, -0.1) is 0 Å². The molecule has 0 aliphatic rings. The average Bonchev–Trinajstić information content (AvgIpc) is 2.28. The van der Waals surface area contributed by atoms with Gasteiger partial charge in [-0.3, -0.25) is 0 Å². The number of hydrogen-bond acceptors (Lipinski definition) is 1. The van der Waals surface area contributed by atoms with Crippen LogP contribution in [0.4, 0.5) is 0 Å². The van der Waals surface area contributed by atoms with Crippen LogP contribution < -0.4 is 0 Å². The minimum Gasteiger partial charge on any atom is -0.393 e. The molecule has 2 atom stereocenters. The van der Waals surface area contributed by atoms with Gasteiger partial charge < -0.3 is 5.11 Å². The van der Waals surface area contributed by atoms with Crippen LogP contribution in [0.3, 0.4) is 0 Å². The van der Waals surface area contributed by atoms with Crippen LogP contribution in [0.25, 0.3) is 10.8 Å². The Bertz CT molecular complexity index is 492. The fourth-order valence-electron chi connectivity index (χ4n) is 2.64. The molecular formula is C16H20O. The van der Waals surface area contributed by atoms with Crippen LogP contribution >= 0.6 is 0 Å². The maximum absolute atomic E-state index is 9.91. The van der Waals surface area contributed by atoms with Crippen molar-refractivity contribution >= 4 is 10.8 Å². The second-order valence-electron chi connectivity index (χ2n) is 5.12. The van der Waals surface area contributed by atoms with E-state index in [2.05, 4.69) is 56.3 Å². The van der Waals surface area contributed by atoms with E-state index in [1.54, 1.807) is 0 Å². The van der Waals surface area contributed by atoms with Crippen molar-refractivity contribution in [1.29, 1.82) is 0 Å². The summed E-state index contributed by atoms with van der Waals surface area (Å²) in [6, 6.07) is 14.8. The maximum atomic E-state index is 9.91. The molecule has 17 heavy (non-hydrogen) atoms. The summed E-state index contributed by atoms with van der Waals surface area (Å²) in [5.41, 5.74) is 1.23. The van der Waals surface area contributed by atoms with E-state index in [4.69, 9.17) is 0 Å². The molecule has 0 heterocycles. The Morgan fingerprint density at radius 3 is 2.12 bits per heavy atom. The van der Waals surface area contributed by atoms with E-state index < -0.39 is 0 Å². The maximum Gasteiger partial charge on any atom is 0.0583 e. The molecule has 0 fully saturated rings. The van der Waals surface area contributed by atoms with E-state index in [1.165, 1.54) is 16.3 Å². The van der Waals surface area contributed by atoms with Gasteiger partial charge in [0.1, 0.15) is 0 Å². The molecule has 1 N–H and O–H groups in total. The second kappa shape index (κ2) is 4.89. The Morgan fingerprint density at radius 2 is 1.53 bits per heavy atom. The zero-order valence-corrected chi connectivity index (χ0v) is 10.7. The summed E-state index contributed by atoms with van der Waals surface area (Å²) < 4.78 is 0. The Kier molecular flexibility index (Phi) is 3.49. The van der Waals surface area contributed by atoms with Crippen molar-refractivity contribution in [3.63, 3.8) is 0 Å². The first kappa shape index (κ1) is 12.1. The summed E-state index contributed by atoms with van der Waals surface area (Å²) >= 11 is 0. The van der Waals surface area contributed by atoms with Crippen LogP contribution in [0, 0.1) is 5.92 Å². The lowest BCUT2D eigenvalue weighted by molar-refractivity contribution is 0.140. The number of hydrogen-bond donors (Lipinski definition) is 1. The molecule has 0 amide bonds. The Morgan fingerprint density at radius 1 is 0.882 bits per heavy atom. The second-order valence-corrected chi connectivity index (χ2v) is 5.12. The van der Waals surface area contributed by atoms with E-state index >= 15 is 0 Å². The Labute approximate surface area is 103 Å². The van der Waals surface area contributed by atoms with Gasteiger partial charge in [-0.1, -0.05) is 56.3 Å². The van der Waals surface area contributed by atoms with Crippen molar-refractivity contribution in [3.8, 4) is 0 Å². The molecule has 0 saturated heterocycles. The quantitative estimate of drug-likeness (QED) is 0.843. The third kappa shape index (κ3) is 2.50. The zero-order valence-electron chi connectivity index (χ0n) is 10.7. The van der Waals surface area contributed by atoms with Crippen molar-refractivity contribution in [2.75, 3.05) is 0 Å². The van der Waals surface area contributed by atoms with Gasteiger partial charge in [0, 0.05) is 5.92 Å². The standard InChI is InChI=1S/C16H20O/c1-11(2)16(12(3)17)15-9-8-13-6-4-5-7-14(13)10-15/h4-12,16-17H,1-3H3. The number of fused-ring (bicyclic) bond motifs is 1. The minimum absolute atomic E-state index is 0.208. The lowest BCUT2D eigenvalue weighted by Crippen LogP contribution is -2.19. The lowest BCUT2D eigenvalue weighted by Gasteiger charge is -2.24. The van der Waals surface area contributed by atoms with Gasteiger partial charge in [0.05, 0.1) is 6.10 Å². The van der Waals surface area contributed by atoms with Gasteiger partial charge in [0.15, 0.2) is 0 Å². The molecule has 2 aromatic rings. The Hall–Kier alpha value is -1.34. The third-order valence-electron chi connectivity index (χ3n) is 3.40. The molecular weight excluding hydrogens is 208 g/mol. The van der Waals surface area contributed by atoms with E-state index in [1.807, 2.05) is 6.92 Å². The minimum atomic E-state index is -0.309. The monoisotopic (exact) mass is 228 g/mol. The summed E-state index contributed by atoms with van der Waals surface area (Å²) in [5, 5.41) is 12.4. The number of rotatable bonds is 3. The zero-order chi connectivity index (χ0) is 12.4. The summed E-state index contributed by atoms with van der Waals surface area (Å²) in [5.74, 6) is 0.649. The van der Waals surface area contributed by atoms with Gasteiger partial charge in [-0.2, -0.15) is 0 Å². The van der Waals surface area contributed by atoms with E-state index in [-0.39, 0.29) is 12.0 Å². The summed E-state index contributed by atoms with van der Waals surface area (Å²) in [6.45, 7) is 6.19. The van der Waals surface area contributed by atoms with Crippen LogP contribution in [0.5, 0.6) is 0 Å². The first-order chi connectivity index (χ1) is 8.09. The third-order valence-corrected chi connectivity index (χ3v) is 3.40. The number of aliphatic hydroxyl groups excluding tert-OH is 1. The van der Waals surface area contributed by atoms with Crippen LogP contribution in [0.15, 0.2) is 42.5 Å². The van der Waals surface area contributed by atoms with E-state index in [9.17, 15) is 5.11 Å². The van der Waals surface area contributed by atoms with E-state index in [0.717, 1.165) is 0 Å². The largest absolute Gasteiger partial charge is 0.393 e. The summed E-state index contributed by atoms with van der Waals surface area (Å²) in [6.07, 6.45) is -0.309. The SMILES string of the molecule is CC(C)C(c1ccc2ccccc2c1)C(C)O. The highest BCUT2D eigenvalue weighted by molar-refractivity contribution is 5.83. The first-order valence-electron chi connectivity index (χ1n) is 6.26. The molecule has 1 heteroatoms. The molecule has 0 saturated carbocycles. The molecule has 2 rings (SSSR count). The van der Waals surface area contributed by atoms with Crippen LogP contribution in [-0.2, 0) is 0 Å². The highest BCUT2D eigenvalue weighted by Gasteiger charge is 2.21. The summed E-state index contributed by atoms with van der Waals surface area (Å²) in [7, 11) is 0. The topological polar surface area (TPSA) is 20.2 Å². The van der Waals surface area contributed by atoms with Crippen molar-refractivity contribution in [2.24, 2.45) is 5.92 Å². The predicted molar refractivity (Wildman–Crippen MR) is 73.2 cm³/mol. The smallest absolute Gasteiger partial charge is 0.0583 e. The molecule has 1 nitrogen and oxygen atoms in total. The molecule has 0 bridgehead atoms. The molecule has 0 aliphatic carbocycles. The van der Waals surface area contributed by atoms with Crippen LogP contribution in [-0.4, -0.2) is 11.2 Å². The van der Waals surface area contributed by atoms with Crippen molar-refractivity contribution in [2.45, 2.75) is 32.8 Å². The highest BCUT2D eigenvalue weighted by Crippen LogP contribution is 2.30. The molecule has 0 spiro atoms. The molecule has 0 aliphatic heterocycles. The lowest BCUT2D eigenvalue weighted by atomic mass is 9.84. The van der Waals surface area contributed by atoms with Crippen LogP contribution in [0.1, 0.15) is 32.3 Å². The van der Waals surface area contributed by atoms with Gasteiger partial charge >= 0.3 is 0 Å². The van der Waals surface area contributed by atoms with Crippen LogP contribution in [0.2, 0.25) is 0 Å². The van der Waals surface area contributed by atoms with Crippen molar-refractivity contribution < 1.29 is 5.11 Å².